The van der Waals surface area contributed by atoms with Crippen LogP contribution in [-0.4, -0.2) is 28.4 Å². The van der Waals surface area contributed by atoms with Crippen molar-refractivity contribution in [2.45, 2.75) is 39.2 Å². The van der Waals surface area contributed by atoms with Crippen molar-refractivity contribution in [3.05, 3.63) is 12.2 Å². The standard InChI is InChI=1S/C12H22N4/c1-9(2)16-12(14-8-15-16)6-10-4-5-11(10)7-13-3/h8-11,13H,4-7H2,1-3H3. The number of hydrogen-bond donors (Lipinski definition) is 1. The van der Waals surface area contributed by atoms with Gasteiger partial charge in [-0.1, -0.05) is 0 Å². The monoisotopic (exact) mass is 222 g/mol. The molecule has 0 bridgehead atoms. The van der Waals surface area contributed by atoms with E-state index in [1.165, 1.54) is 12.8 Å². The molecule has 16 heavy (non-hydrogen) atoms. The van der Waals surface area contributed by atoms with Crippen LogP contribution in [-0.2, 0) is 6.42 Å². The predicted molar refractivity (Wildman–Crippen MR) is 64.3 cm³/mol. The minimum atomic E-state index is 0.417. The molecule has 2 atom stereocenters. The minimum Gasteiger partial charge on any atom is -0.319 e. The van der Waals surface area contributed by atoms with Crippen LogP contribution in [0.1, 0.15) is 38.6 Å². The summed E-state index contributed by atoms with van der Waals surface area (Å²) in [5.41, 5.74) is 0. The Morgan fingerprint density at radius 3 is 2.75 bits per heavy atom. The Hall–Kier alpha value is -0.900. The Morgan fingerprint density at radius 2 is 2.19 bits per heavy atom. The van der Waals surface area contributed by atoms with Gasteiger partial charge in [0.25, 0.3) is 0 Å². The molecule has 1 aliphatic carbocycles. The van der Waals surface area contributed by atoms with E-state index in [1.54, 1.807) is 6.33 Å². The van der Waals surface area contributed by atoms with E-state index in [9.17, 15) is 0 Å². The number of rotatable bonds is 5. The van der Waals surface area contributed by atoms with Crippen LogP contribution >= 0.6 is 0 Å². The zero-order valence-electron chi connectivity index (χ0n) is 10.5. The molecule has 1 heterocycles. The Kier molecular flexibility index (Phi) is 3.59. The van der Waals surface area contributed by atoms with Gasteiger partial charge in [-0.25, -0.2) is 9.67 Å². The van der Waals surface area contributed by atoms with Gasteiger partial charge in [0, 0.05) is 12.5 Å². The molecule has 1 aromatic heterocycles. The highest BCUT2D eigenvalue weighted by molar-refractivity contribution is 4.94. The summed E-state index contributed by atoms with van der Waals surface area (Å²) in [5.74, 6) is 2.79. The first-order valence-electron chi connectivity index (χ1n) is 6.25. The van der Waals surface area contributed by atoms with E-state index in [0.29, 0.717) is 6.04 Å². The fourth-order valence-corrected chi connectivity index (χ4v) is 2.52. The second-order valence-electron chi connectivity index (χ2n) is 5.07. The summed E-state index contributed by atoms with van der Waals surface area (Å²) in [6, 6.07) is 0.417. The summed E-state index contributed by atoms with van der Waals surface area (Å²) in [6.45, 7) is 5.45. The van der Waals surface area contributed by atoms with Crippen molar-refractivity contribution >= 4 is 0 Å². The summed E-state index contributed by atoms with van der Waals surface area (Å²) < 4.78 is 2.05. The highest BCUT2D eigenvalue weighted by atomic mass is 15.3. The lowest BCUT2D eigenvalue weighted by Gasteiger charge is -2.36. The third kappa shape index (κ3) is 2.26. The lowest BCUT2D eigenvalue weighted by Crippen LogP contribution is -2.35. The summed E-state index contributed by atoms with van der Waals surface area (Å²) >= 11 is 0. The van der Waals surface area contributed by atoms with Crippen LogP contribution in [0.15, 0.2) is 6.33 Å². The van der Waals surface area contributed by atoms with Gasteiger partial charge in [0.1, 0.15) is 12.2 Å². The second kappa shape index (κ2) is 4.95. The lowest BCUT2D eigenvalue weighted by atomic mass is 9.72. The highest BCUT2D eigenvalue weighted by Crippen LogP contribution is 2.36. The first-order valence-corrected chi connectivity index (χ1v) is 6.25. The molecule has 0 aliphatic heterocycles. The van der Waals surface area contributed by atoms with Crippen LogP contribution in [0.25, 0.3) is 0 Å². The lowest BCUT2D eigenvalue weighted by molar-refractivity contribution is 0.169. The quantitative estimate of drug-likeness (QED) is 0.823. The molecule has 1 N–H and O–H groups in total. The number of aromatic nitrogens is 3. The van der Waals surface area contributed by atoms with Crippen molar-refractivity contribution in [3.63, 3.8) is 0 Å². The molecule has 2 rings (SSSR count). The van der Waals surface area contributed by atoms with Crippen molar-refractivity contribution in [1.82, 2.24) is 20.1 Å². The van der Waals surface area contributed by atoms with Crippen LogP contribution in [0.4, 0.5) is 0 Å². The normalized spacial score (nSPS) is 24.8. The maximum absolute atomic E-state index is 4.39. The third-order valence-corrected chi connectivity index (χ3v) is 3.62. The maximum Gasteiger partial charge on any atom is 0.138 e. The first-order chi connectivity index (χ1) is 7.72. The molecule has 1 saturated carbocycles. The predicted octanol–water partition coefficient (Wildman–Crippen LogP) is 1.65. The molecule has 0 radical (unpaired) electrons. The topological polar surface area (TPSA) is 42.7 Å². The van der Waals surface area contributed by atoms with Crippen LogP contribution < -0.4 is 5.32 Å². The highest BCUT2D eigenvalue weighted by Gasteiger charge is 2.31. The van der Waals surface area contributed by atoms with E-state index in [2.05, 4.69) is 33.9 Å². The average Bonchev–Trinajstić information content (AvgIpc) is 2.69. The molecule has 1 aromatic rings. The smallest absolute Gasteiger partial charge is 0.138 e. The molecule has 1 aliphatic rings. The molecular formula is C12H22N4. The van der Waals surface area contributed by atoms with Gasteiger partial charge in [-0.05, 0) is 52.1 Å². The van der Waals surface area contributed by atoms with Gasteiger partial charge >= 0.3 is 0 Å². The number of hydrogen-bond acceptors (Lipinski definition) is 3. The first kappa shape index (κ1) is 11.6. The molecule has 0 saturated heterocycles. The van der Waals surface area contributed by atoms with Crippen LogP contribution in [0.3, 0.4) is 0 Å². The van der Waals surface area contributed by atoms with Gasteiger partial charge in [0.15, 0.2) is 0 Å². The molecule has 1 fully saturated rings. The third-order valence-electron chi connectivity index (χ3n) is 3.62. The molecule has 0 amide bonds. The fourth-order valence-electron chi connectivity index (χ4n) is 2.52. The van der Waals surface area contributed by atoms with Crippen LogP contribution in [0, 0.1) is 11.8 Å². The average molecular weight is 222 g/mol. The molecule has 0 spiro atoms. The maximum atomic E-state index is 4.39. The SMILES string of the molecule is CNCC1CCC1Cc1ncnn1C(C)C. The van der Waals surface area contributed by atoms with E-state index in [0.717, 1.165) is 30.6 Å². The summed E-state index contributed by atoms with van der Waals surface area (Å²) in [4.78, 5) is 4.39. The Labute approximate surface area is 97.5 Å². The van der Waals surface area contributed by atoms with Crippen molar-refractivity contribution in [1.29, 1.82) is 0 Å². The zero-order chi connectivity index (χ0) is 11.5. The van der Waals surface area contributed by atoms with Crippen LogP contribution in [0.2, 0.25) is 0 Å². The molecule has 4 nitrogen and oxygen atoms in total. The molecule has 4 heteroatoms. The summed E-state index contributed by atoms with van der Waals surface area (Å²) in [6.07, 6.45) is 5.48. The van der Waals surface area contributed by atoms with Gasteiger partial charge in [0.2, 0.25) is 0 Å². The Morgan fingerprint density at radius 1 is 1.44 bits per heavy atom. The van der Waals surface area contributed by atoms with Gasteiger partial charge in [-0.15, -0.1) is 0 Å². The molecular weight excluding hydrogens is 200 g/mol. The Balaban J connectivity index is 1.96. The van der Waals surface area contributed by atoms with E-state index in [1.807, 2.05) is 7.05 Å². The van der Waals surface area contributed by atoms with Crippen molar-refractivity contribution in [3.8, 4) is 0 Å². The number of nitrogens with zero attached hydrogens (tertiary/aromatic N) is 3. The molecule has 0 aromatic carbocycles. The number of nitrogens with one attached hydrogen (secondary N) is 1. The molecule has 2 unspecified atom stereocenters. The van der Waals surface area contributed by atoms with E-state index in [-0.39, 0.29) is 0 Å². The fraction of sp³-hybridized carbons (Fsp3) is 0.833. The molecule has 90 valence electrons. The van der Waals surface area contributed by atoms with Crippen LogP contribution in [0.5, 0.6) is 0 Å². The second-order valence-corrected chi connectivity index (χ2v) is 5.07. The van der Waals surface area contributed by atoms with Crippen molar-refractivity contribution in [2.24, 2.45) is 11.8 Å². The van der Waals surface area contributed by atoms with E-state index < -0.39 is 0 Å². The van der Waals surface area contributed by atoms with E-state index >= 15 is 0 Å². The minimum absolute atomic E-state index is 0.417. The van der Waals surface area contributed by atoms with Crippen molar-refractivity contribution in [2.75, 3.05) is 13.6 Å². The van der Waals surface area contributed by atoms with Gasteiger partial charge in [0.05, 0.1) is 0 Å². The largest absolute Gasteiger partial charge is 0.319 e. The Bertz CT molecular complexity index is 332. The van der Waals surface area contributed by atoms with Gasteiger partial charge in [-0.2, -0.15) is 5.10 Å². The zero-order valence-corrected chi connectivity index (χ0v) is 10.5. The van der Waals surface area contributed by atoms with Gasteiger partial charge in [-0.3, -0.25) is 0 Å². The van der Waals surface area contributed by atoms with Crippen molar-refractivity contribution < 1.29 is 0 Å². The van der Waals surface area contributed by atoms with Gasteiger partial charge < -0.3 is 5.32 Å². The summed E-state index contributed by atoms with van der Waals surface area (Å²) in [7, 11) is 2.03. The van der Waals surface area contributed by atoms with E-state index in [4.69, 9.17) is 0 Å². The summed E-state index contributed by atoms with van der Waals surface area (Å²) in [5, 5.41) is 7.56.